The maximum absolute atomic E-state index is 5.93. The Balaban J connectivity index is 1.81. The highest BCUT2D eigenvalue weighted by Gasteiger charge is 2.24. The Labute approximate surface area is 119 Å². The van der Waals surface area contributed by atoms with E-state index >= 15 is 0 Å². The number of nitrogen functional groups attached to an aromatic ring is 1. The lowest BCUT2D eigenvalue weighted by Gasteiger charge is -2.23. The van der Waals surface area contributed by atoms with Gasteiger partial charge in [0.2, 0.25) is 0 Å². The molecule has 1 aromatic carbocycles. The molecular formula is C16H21N3O. The molecule has 0 unspecified atom stereocenters. The maximum Gasteiger partial charge on any atom is 0.258 e. The van der Waals surface area contributed by atoms with Gasteiger partial charge in [0.05, 0.1) is 0 Å². The Kier molecular flexibility index (Phi) is 3.47. The van der Waals surface area contributed by atoms with Gasteiger partial charge < -0.3 is 10.3 Å². The van der Waals surface area contributed by atoms with Gasteiger partial charge in [0.15, 0.2) is 5.82 Å². The van der Waals surface area contributed by atoms with Crippen molar-refractivity contribution in [2.75, 3.05) is 5.73 Å². The molecule has 1 aliphatic rings. The number of aromatic nitrogens is 2. The van der Waals surface area contributed by atoms with Gasteiger partial charge in [-0.1, -0.05) is 31.0 Å². The Hall–Kier alpha value is -1.84. The molecule has 20 heavy (non-hydrogen) atoms. The molecule has 0 radical (unpaired) electrons. The second kappa shape index (κ2) is 5.27. The molecule has 0 aliphatic heterocycles. The van der Waals surface area contributed by atoms with Crippen molar-refractivity contribution in [2.45, 2.75) is 45.4 Å². The van der Waals surface area contributed by atoms with E-state index in [2.05, 4.69) is 17.1 Å². The van der Waals surface area contributed by atoms with Gasteiger partial charge in [-0.2, -0.15) is 4.98 Å². The van der Waals surface area contributed by atoms with Crippen molar-refractivity contribution in [3.05, 3.63) is 29.6 Å². The zero-order valence-corrected chi connectivity index (χ0v) is 12.1. The number of rotatable bonds is 2. The third-order valence-electron chi connectivity index (χ3n) is 4.35. The van der Waals surface area contributed by atoms with Crippen molar-refractivity contribution in [1.82, 2.24) is 10.1 Å². The summed E-state index contributed by atoms with van der Waals surface area (Å²) < 4.78 is 5.41. The van der Waals surface area contributed by atoms with Gasteiger partial charge in [-0.3, -0.25) is 0 Å². The number of anilines is 1. The van der Waals surface area contributed by atoms with Crippen LogP contribution >= 0.6 is 0 Å². The topological polar surface area (TPSA) is 64.9 Å². The van der Waals surface area contributed by atoms with Crippen LogP contribution in [-0.4, -0.2) is 10.1 Å². The molecule has 0 amide bonds. The standard InChI is InChI=1S/C16H21N3O/c1-10-3-6-12(7-4-10)15-18-16(20-19-15)13-8-5-11(2)14(17)9-13/h5,8-10,12H,3-4,6-7,17H2,1-2H3. The minimum Gasteiger partial charge on any atom is -0.398 e. The monoisotopic (exact) mass is 271 g/mol. The number of benzene rings is 1. The van der Waals surface area contributed by atoms with E-state index in [0.29, 0.717) is 11.8 Å². The molecule has 106 valence electrons. The molecule has 2 N–H and O–H groups in total. The summed E-state index contributed by atoms with van der Waals surface area (Å²) >= 11 is 0. The van der Waals surface area contributed by atoms with E-state index in [1.807, 2.05) is 25.1 Å². The van der Waals surface area contributed by atoms with E-state index in [1.165, 1.54) is 12.8 Å². The number of hydrogen-bond donors (Lipinski definition) is 1. The zero-order valence-electron chi connectivity index (χ0n) is 12.1. The van der Waals surface area contributed by atoms with Crippen LogP contribution in [0, 0.1) is 12.8 Å². The molecule has 4 nitrogen and oxygen atoms in total. The highest BCUT2D eigenvalue weighted by Crippen LogP contribution is 2.35. The van der Waals surface area contributed by atoms with E-state index in [-0.39, 0.29) is 0 Å². The molecule has 0 spiro atoms. The van der Waals surface area contributed by atoms with Crippen LogP contribution in [-0.2, 0) is 0 Å². The second-order valence-corrected chi connectivity index (χ2v) is 5.99. The average molecular weight is 271 g/mol. The van der Waals surface area contributed by atoms with E-state index < -0.39 is 0 Å². The summed E-state index contributed by atoms with van der Waals surface area (Å²) in [5.74, 6) is 2.71. The van der Waals surface area contributed by atoms with Crippen LogP contribution in [0.15, 0.2) is 22.7 Å². The number of nitrogens with zero attached hydrogens (tertiary/aromatic N) is 2. The lowest BCUT2D eigenvalue weighted by atomic mass is 9.83. The number of nitrogens with two attached hydrogens (primary N) is 1. The molecular weight excluding hydrogens is 250 g/mol. The molecule has 0 saturated heterocycles. The smallest absolute Gasteiger partial charge is 0.258 e. The van der Waals surface area contributed by atoms with Crippen LogP contribution < -0.4 is 5.73 Å². The van der Waals surface area contributed by atoms with Crippen LogP contribution in [0.1, 0.15) is 49.9 Å². The molecule has 0 bridgehead atoms. The van der Waals surface area contributed by atoms with E-state index in [1.54, 1.807) is 0 Å². The van der Waals surface area contributed by atoms with Gasteiger partial charge in [-0.05, 0) is 43.4 Å². The molecule has 1 heterocycles. The molecule has 1 saturated carbocycles. The van der Waals surface area contributed by atoms with E-state index in [0.717, 1.165) is 41.4 Å². The Morgan fingerprint density at radius 2 is 1.95 bits per heavy atom. The molecule has 3 rings (SSSR count). The minimum atomic E-state index is 0.450. The van der Waals surface area contributed by atoms with Crippen LogP contribution in [0.25, 0.3) is 11.5 Å². The van der Waals surface area contributed by atoms with Crippen molar-refractivity contribution >= 4 is 5.69 Å². The van der Waals surface area contributed by atoms with Crippen LogP contribution in [0.4, 0.5) is 5.69 Å². The average Bonchev–Trinajstić information content (AvgIpc) is 2.92. The first-order chi connectivity index (χ1) is 9.63. The maximum atomic E-state index is 5.93. The Morgan fingerprint density at radius 1 is 1.20 bits per heavy atom. The molecule has 1 aromatic heterocycles. The predicted molar refractivity (Wildman–Crippen MR) is 79.3 cm³/mol. The van der Waals surface area contributed by atoms with Crippen LogP contribution in [0.2, 0.25) is 0 Å². The highest BCUT2D eigenvalue weighted by molar-refractivity contribution is 5.62. The first kappa shape index (κ1) is 13.2. The van der Waals surface area contributed by atoms with Gasteiger partial charge in [0, 0.05) is 17.2 Å². The fourth-order valence-corrected chi connectivity index (χ4v) is 2.81. The summed E-state index contributed by atoms with van der Waals surface area (Å²) in [6, 6.07) is 5.86. The van der Waals surface area contributed by atoms with Gasteiger partial charge in [-0.25, -0.2) is 0 Å². The van der Waals surface area contributed by atoms with Crippen molar-refractivity contribution in [2.24, 2.45) is 5.92 Å². The Morgan fingerprint density at radius 3 is 2.65 bits per heavy atom. The second-order valence-electron chi connectivity index (χ2n) is 5.99. The summed E-state index contributed by atoms with van der Waals surface area (Å²) in [5, 5.41) is 4.17. The minimum absolute atomic E-state index is 0.450. The summed E-state index contributed by atoms with van der Waals surface area (Å²) in [6.45, 7) is 4.30. The summed E-state index contributed by atoms with van der Waals surface area (Å²) in [5.41, 5.74) is 8.65. The Bertz CT molecular complexity index is 598. The number of hydrogen-bond acceptors (Lipinski definition) is 4. The first-order valence-corrected chi connectivity index (χ1v) is 7.33. The number of aryl methyl sites for hydroxylation is 1. The van der Waals surface area contributed by atoms with Crippen LogP contribution in [0.5, 0.6) is 0 Å². The zero-order chi connectivity index (χ0) is 14.1. The van der Waals surface area contributed by atoms with E-state index in [9.17, 15) is 0 Å². The van der Waals surface area contributed by atoms with Crippen LogP contribution in [0.3, 0.4) is 0 Å². The van der Waals surface area contributed by atoms with Gasteiger partial charge in [0.1, 0.15) is 0 Å². The molecule has 2 aromatic rings. The van der Waals surface area contributed by atoms with Crippen molar-refractivity contribution in [1.29, 1.82) is 0 Å². The van der Waals surface area contributed by atoms with Gasteiger partial charge >= 0.3 is 0 Å². The molecule has 1 fully saturated rings. The van der Waals surface area contributed by atoms with Crippen molar-refractivity contribution < 1.29 is 4.52 Å². The lowest BCUT2D eigenvalue weighted by molar-refractivity contribution is 0.329. The summed E-state index contributed by atoms with van der Waals surface area (Å²) in [6.07, 6.45) is 4.84. The summed E-state index contributed by atoms with van der Waals surface area (Å²) in [4.78, 5) is 4.57. The fourth-order valence-electron chi connectivity index (χ4n) is 2.81. The highest BCUT2D eigenvalue weighted by atomic mass is 16.5. The SMILES string of the molecule is Cc1ccc(-c2nc(C3CCC(C)CC3)no2)cc1N. The normalized spacial score (nSPS) is 22.9. The predicted octanol–water partition coefficient (Wildman–Crippen LogP) is 3.92. The van der Waals surface area contributed by atoms with Gasteiger partial charge in [0.25, 0.3) is 5.89 Å². The lowest BCUT2D eigenvalue weighted by Crippen LogP contribution is -2.11. The fraction of sp³-hybridized carbons (Fsp3) is 0.500. The van der Waals surface area contributed by atoms with Crippen molar-refractivity contribution in [3.8, 4) is 11.5 Å². The van der Waals surface area contributed by atoms with Crippen molar-refractivity contribution in [3.63, 3.8) is 0 Å². The molecule has 4 heteroatoms. The summed E-state index contributed by atoms with van der Waals surface area (Å²) in [7, 11) is 0. The third kappa shape index (κ3) is 2.55. The molecule has 0 atom stereocenters. The molecule has 1 aliphatic carbocycles. The largest absolute Gasteiger partial charge is 0.398 e. The van der Waals surface area contributed by atoms with Gasteiger partial charge in [-0.15, -0.1) is 0 Å². The van der Waals surface area contributed by atoms with E-state index in [4.69, 9.17) is 10.3 Å². The quantitative estimate of drug-likeness (QED) is 0.841. The third-order valence-corrected chi connectivity index (χ3v) is 4.35. The first-order valence-electron chi connectivity index (χ1n) is 7.33.